The number of fused-ring (bicyclic) bond motifs is 2. The van der Waals surface area contributed by atoms with Crippen LogP contribution in [0.2, 0.25) is 0 Å². The Morgan fingerprint density at radius 1 is 1.00 bits per heavy atom. The molecule has 0 saturated carbocycles. The average Bonchev–Trinajstić information content (AvgIpc) is 3.31. The van der Waals surface area contributed by atoms with Crippen molar-refractivity contribution in [2.24, 2.45) is 0 Å². The molecule has 0 unspecified atom stereocenters. The molecule has 10 nitrogen and oxygen atoms in total. The number of benzene rings is 2. The van der Waals surface area contributed by atoms with E-state index in [1.54, 1.807) is 37.3 Å². The van der Waals surface area contributed by atoms with Gasteiger partial charge in [-0.2, -0.15) is 0 Å². The van der Waals surface area contributed by atoms with Crippen molar-refractivity contribution in [1.82, 2.24) is 10.2 Å². The first-order valence-corrected chi connectivity index (χ1v) is 10.1. The number of ether oxygens (including phenoxy) is 4. The van der Waals surface area contributed by atoms with Gasteiger partial charge in [0.15, 0.2) is 23.0 Å². The number of imide groups is 1. The number of anilines is 1. The first-order valence-electron chi connectivity index (χ1n) is 10.1. The van der Waals surface area contributed by atoms with Gasteiger partial charge in [-0.3, -0.25) is 14.5 Å². The standard InChI is InChI=1S/C22H21N3O7/c1-22(10-13-2-4-16-17(8-13)32-12-31-16)20(27)25(21(28)24-22)11-19(26)23-14-3-5-15-18(9-14)30-7-6-29-15/h2-5,8-9H,6-7,10-12H2,1H3,(H,23,26)(H,24,28)/t22-/m0/s1. The van der Waals surface area contributed by atoms with Gasteiger partial charge in [-0.25, -0.2) is 4.79 Å². The van der Waals surface area contributed by atoms with Gasteiger partial charge in [0.2, 0.25) is 12.7 Å². The quantitative estimate of drug-likeness (QED) is 0.681. The lowest BCUT2D eigenvalue weighted by Gasteiger charge is -2.22. The van der Waals surface area contributed by atoms with Gasteiger partial charge in [0.25, 0.3) is 5.91 Å². The summed E-state index contributed by atoms with van der Waals surface area (Å²) in [6.07, 6.45) is 0.245. The molecule has 1 atom stereocenters. The third kappa shape index (κ3) is 3.64. The first kappa shape index (κ1) is 20.0. The van der Waals surface area contributed by atoms with Crippen LogP contribution in [0, 0.1) is 0 Å². The SMILES string of the molecule is C[C@@]1(Cc2ccc3c(c2)OCO3)NC(=O)N(CC(=O)Nc2ccc3c(c2)OCCO3)C1=O. The van der Waals surface area contributed by atoms with E-state index >= 15 is 0 Å². The Labute approximate surface area is 183 Å². The van der Waals surface area contributed by atoms with Crippen LogP contribution in [0.5, 0.6) is 23.0 Å². The highest BCUT2D eigenvalue weighted by molar-refractivity contribution is 6.10. The highest BCUT2D eigenvalue weighted by Crippen LogP contribution is 2.35. The van der Waals surface area contributed by atoms with Gasteiger partial charge < -0.3 is 29.6 Å². The Kier molecular flexibility index (Phi) is 4.76. The van der Waals surface area contributed by atoms with E-state index in [0.717, 1.165) is 10.5 Å². The molecule has 0 radical (unpaired) electrons. The molecule has 0 bridgehead atoms. The lowest BCUT2D eigenvalue weighted by atomic mass is 9.92. The molecule has 0 aliphatic carbocycles. The average molecular weight is 439 g/mol. The molecule has 2 aromatic carbocycles. The molecule has 3 aliphatic rings. The molecular weight excluding hydrogens is 418 g/mol. The number of carbonyl (C=O) groups excluding carboxylic acids is 3. The minimum Gasteiger partial charge on any atom is -0.486 e. The van der Waals surface area contributed by atoms with Crippen LogP contribution < -0.4 is 29.6 Å². The third-order valence-corrected chi connectivity index (χ3v) is 5.47. The van der Waals surface area contributed by atoms with Crippen LogP contribution in [0.4, 0.5) is 10.5 Å². The summed E-state index contributed by atoms with van der Waals surface area (Å²) in [6.45, 7) is 2.27. The van der Waals surface area contributed by atoms with Gasteiger partial charge in [0.05, 0.1) is 0 Å². The van der Waals surface area contributed by atoms with E-state index in [2.05, 4.69) is 10.6 Å². The number of nitrogens with zero attached hydrogens (tertiary/aromatic N) is 1. The van der Waals surface area contributed by atoms with Crippen molar-refractivity contribution in [3.05, 3.63) is 42.0 Å². The number of amides is 4. The van der Waals surface area contributed by atoms with Crippen LogP contribution in [0.3, 0.4) is 0 Å². The number of hydrogen-bond donors (Lipinski definition) is 2. The summed E-state index contributed by atoms with van der Waals surface area (Å²) in [7, 11) is 0. The lowest BCUT2D eigenvalue weighted by Crippen LogP contribution is -2.46. The van der Waals surface area contributed by atoms with Crippen LogP contribution >= 0.6 is 0 Å². The smallest absolute Gasteiger partial charge is 0.325 e. The number of hydrogen-bond acceptors (Lipinski definition) is 7. The van der Waals surface area contributed by atoms with Gasteiger partial charge in [0, 0.05) is 18.2 Å². The molecule has 1 fully saturated rings. The minimum atomic E-state index is -1.18. The fourth-order valence-corrected chi connectivity index (χ4v) is 3.93. The lowest BCUT2D eigenvalue weighted by molar-refractivity contribution is -0.133. The van der Waals surface area contributed by atoms with E-state index < -0.39 is 29.9 Å². The second kappa shape index (κ2) is 7.63. The van der Waals surface area contributed by atoms with Crippen molar-refractivity contribution in [3.8, 4) is 23.0 Å². The van der Waals surface area contributed by atoms with Crippen LogP contribution in [0.15, 0.2) is 36.4 Å². The van der Waals surface area contributed by atoms with E-state index in [4.69, 9.17) is 18.9 Å². The van der Waals surface area contributed by atoms with Crippen LogP contribution in [0.25, 0.3) is 0 Å². The second-order valence-corrected chi connectivity index (χ2v) is 7.92. The van der Waals surface area contributed by atoms with Crippen molar-refractivity contribution >= 4 is 23.5 Å². The summed E-state index contributed by atoms with van der Waals surface area (Å²) in [6, 6.07) is 9.75. The fraction of sp³-hybridized carbons (Fsp3) is 0.318. The summed E-state index contributed by atoms with van der Waals surface area (Å²) >= 11 is 0. The van der Waals surface area contributed by atoms with E-state index in [0.29, 0.717) is 41.9 Å². The highest BCUT2D eigenvalue weighted by atomic mass is 16.7. The molecule has 2 N–H and O–H groups in total. The van der Waals surface area contributed by atoms with Gasteiger partial charge >= 0.3 is 6.03 Å². The van der Waals surface area contributed by atoms with Crippen molar-refractivity contribution in [2.45, 2.75) is 18.9 Å². The highest BCUT2D eigenvalue weighted by Gasteiger charge is 2.48. The monoisotopic (exact) mass is 439 g/mol. The molecule has 3 aliphatic heterocycles. The Morgan fingerprint density at radius 2 is 1.69 bits per heavy atom. The predicted octanol–water partition coefficient (Wildman–Crippen LogP) is 1.68. The molecule has 4 amide bonds. The van der Waals surface area contributed by atoms with Crippen molar-refractivity contribution in [1.29, 1.82) is 0 Å². The maximum atomic E-state index is 13.0. The summed E-state index contributed by atoms with van der Waals surface area (Å²) < 4.78 is 21.6. The Balaban J connectivity index is 1.25. The molecule has 3 heterocycles. The van der Waals surface area contributed by atoms with Gasteiger partial charge in [0.1, 0.15) is 25.3 Å². The third-order valence-electron chi connectivity index (χ3n) is 5.47. The van der Waals surface area contributed by atoms with Crippen molar-refractivity contribution < 1.29 is 33.3 Å². The van der Waals surface area contributed by atoms with Crippen LogP contribution in [0.1, 0.15) is 12.5 Å². The Bertz CT molecular complexity index is 1120. The number of rotatable bonds is 5. The molecule has 0 spiro atoms. The molecule has 10 heteroatoms. The first-order chi connectivity index (χ1) is 15.4. The summed E-state index contributed by atoms with van der Waals surface area (Å²) in [4.78, 5) is 39.0. The second-order valence-electron chi connectivity index (χ2n) is 7.92. The van der Waals surface area contributed by atoms with E-state index in [1.807, 2.05) is 6.07 Å². The van der Waals surface area contributed by atoms with E-state index in [-0.39, 0.29) is 13.2 Å². The van der Waals surface area contributed by atoms with Crippen LogP contribution in [-0.4, -0.2) is 54.8 Å². The summed E-state index contributed by atoms with van der Waals surface area (Å²) in [5.41, 5.74) is 0.101. The molecular formula is C22H21N3O7. The van der Waals surface area contributed by atoms with Crippen molar-refractivity contribution in [3.63, 3.8) is 0 Å². The largest absolute Gasteiger partial charge is 0.486 e. The summed E-state index contributed by atoms with van der Waals surface area (Å²) in [5, 5.41) is 5.39. The normalized spacial score (nSPS) is 20.8. The van der Waals surface area contributed by atoms with Crippen molar-refractivity contribution in [2.75, 3.05) is 31.9 Å². The number of urea groups is 1. The molecule has 166 valence electrons. The summed E-state index contributed by atoms with van der Waals surface area (Å²) in [5.74, 6) is 1.38. The van der Waals surface area contributed by atoms with Gasteiger partial charge in [-0.15, -0.1) is 0 Å². The zero-order valence-corrected chi connectivity index (χ0v) is 17.3. The minimum absolute atomic E-state index is 0.151. The molecule has 32 heavy (non-hydrogen) atoms. The predicted molar refractivity (Wildman–Crippen MR) is 111 cm³/mol. The number of nitrogens with one attached hydrogen (secondary N) is 2. The van der Waals surface area contributed by atoms with Gasteiger partial charge in [-0.1, -0.05) is 6.07 Å². The Morgan fingerprint density at radius 3 is 2.53 bits per heavy atom. The number of carbonyl (C=O) groups is 3. The molecule has 2 aromatic rings. The zero-order chi connectivity index (χ0) is 22.3. The molecule has 1 saturated heterocycles. The topological polar surface area (TPSA) is 115 Å². The molecule has 0 aromatic heterocycles. The molecule has 5 rings (SSSR count). The fourth-order valence-electron chi connectivity index (χ4n) is 3.93. The Hall–Kier alpha value is -3.95. The van der Waals surface area contributed by atoms with E-state index in [9.17, 15) is 14.4 Å². The zero-order valence-electron chi connectivity index (χ0n) is 17.3. The van der Waals surface area contributed by atoms with E-state index in [1.165, 1.54) is 0 Å². The maximum Gasteiger partial charge on any atom is 0.325 e. The van der Waals surface area contributed by atoms with Crippen LogP contribution in [-0.2, 0) is 16.0 Å². The maximum absolute atomic E-state index is 13.0. The van der Waals surface area contributed by atoms with Gasteiger partial charge in [-0.05, 0) is 36.8 Å².